The number of benzene rings is 1. The third-order valence-electron chi connectivity index (χ3n) is 2.07. The van der Waals surface area contributed by atoms with Crippen molar-refractivity contribution < 1.29 is 17.9 Å². The van der Waals surface area contributed by atoms with E-state index in [0.717, 1.165) is 12.1 Å². The molecule has 0 fully saturated rings. The number of nitrogens with zero attached hydrogens (tertiary/aromatic N) is 1. The predicted molar refractivity (Wildman–Crippen MR) is 57.8 cm³/mol. The number of nitrogen functional groups attached to an aromatic ring is 1. The van der Waals surface area contributed by atoms with Crippen LogP contribution in [0, 0.1) is 0 Å². The quantitative estimate of drug-likeness (QED) is 0.857. The van der Waals surface area contributed by atoms with Crippen molar-refractivity contribution in [2.24, 2.45) is 0 Å². The molecule has 1 aromatic carbocycles. The molecule has 0 bridgehead atoms. The minimum absolute atomic E-state index is 0.252. The van der Waals surface area contributed by atoms with Gasteiger partial charge in [-0.05, 0) is 12.1 Å². The molecule has 17 heavy (non-hydrogen) atoms. The average molecular weight is 263 g/mol. The molecule has 3 nitrogen and oxygen atoms in total. The summed E-state index contributed by atoms with van der Waals surface area (Å²) in [5, 5.41) is 0.731. The van der Waals surface area contributed by atoms with Crippen molar-refractivity contribution >= 4 is 28.2 Å². The molecule has 1 aromatic heterocycles. The third kappa shape index (κ3) is 2.52. The van der Waals surface area contributed by atoms with E-state index in [9.17, 15) is 13.2 Å². The van der Waals surface area contributed by atoms with Gasteiger partial charge >= 0.3 is 6.36 Å². The van der Waals surface area contributed by atoms with Crippen molar-refractivity contribution in [3.8, 4) is 5.75 Å². The molecule has 0 radical (unpaired) electrons. The molecule has 2 N–H and O–H groups in total. The van der Waals surface area contributed by atoms with Crippen LogP contribution in [0.1, 0.15) is 0 Å². The first-order chi connectivity index (χ1) is 7.87. The van der Waals surface area contributed by atoms with Gasteiger partial charge < -0.3 is 10.5 Å². The number of aromatic nitrogens is 1. The van der Waals surface area contributed by atoms with Crippen LogP contribution >= 0.6 is 11.6 Å². The lowest BCUT2D eigenvalue weighted by Crippen LogP contribution is -2.17. The maximum absolute atomic E-state index is 12.0. The first-order valence-corrected chi connectivity index (χ1v) is 4.84. The van der Waals surface area contributed by atoms with E-state index in [1.165, 1.54) is 12.3 Å². The Morgan fingerprint density at radius 3 is 2.65 bits per heavy atom. The molecular weight excluding hydrogens is 257 g/mol. The predicted octanol–water partition coefficient (Wildman–Crippen LogP) is 3.37. The van der Waals surface area contributed by atoms with Crippen molar-refractivity contribution in [3.63, 3.8) is 0 Å². The summed E-state index contributed by atoms with van der Waals surface area (Å²) in [5.74, 6) is -0.348. The molecular formula is C10H6ClF3N2O. The third-order valence-corrected chi connectivity index (χ3v) is 2.37. The Labute approximate surface area is 99.0 Å². The van der Waals surface area contributed by atoms with E-state index in [1.807, 2.05) is 0 Å². The van der Waals surface area contributed by atoms with E-state index >= 15 is 0 Å². The largest absolute Gasteiger partial charge is 0.573 e. The molecule has 0 atom stereocenters. The number of halogens is 4. The summed E-state index contributed by atoms with van der Waals surface area (Å²) in [6, 6.07) is 3.68. The van der Waals surface area contributed by atoms with E-state index in [2.05, 4.69) is 9.72 Å². The zero-order valence-corrected chi connectivity index (χ0v) is 9.01. The Hall–Kier alpha value is -1.69. The molecule has 90 valence electrons. The highest BCUT2D eigenvalue weighted by Gasteiger charge is 2.31. The number of pyridine rings is 1. The summed E-state index contributed by atoms with van der Waals surface area (Å²) in [4.78, 5) is 3.87. The topological polar surface area (TPSA) is 48.1 Å². The molecule has 0 aliphatic heterocycles. The van der Waals surface area contributed by atoms with E-state index in [1.54, 1.807) is 0 Å². The Kier molecular flexibility index (Phi) is 2.74. The van der Waals surface area contributed by atoms with Crippen LogP contribution in [-0.4, -0.2) is 11.3 Å². The lowest BCUT2D eigenvalue weighted by Gasteiger charge is -2.10. The fraction of sp³-hybridized carbons (Fsp3) is 0.100. The van der Waals surface area contributed by atoms with E-state index in [-0.39, 0.29) is 22.0 Å². The highest BCUT2D eigenvalue weighted by molar-refractivity contribution is 6.34. The van der Waals surface area contributed by atoms with Gasteiger partial charge in [0.1, 0.15) is 5.75 Å². The van der Waals surface area contributed by atoms with Gasteiger partial charge in [-0.3, -0.25) is 4.98 Å². The molecule has 1 heterocycles. The molecule has 0 aliphatic carbocycles. The molecule has 0 unspecified atom stereocenters. The van der Waals surface area contributed by atoms with Gasteiger partial charge in [-0.2, -0.15) is 0 Å². The normalized spacial score (nSPS) is 11.8. The number of anilines is 1. The van der Waals surface area contributed by atoms with E-state index in [0.29, 0.717) is 5.39 Å². The van der Waals surface area contributed by atoms with Crippen molar-refractivity contribution in [2.45, 2.75) is 6.36 Å². The van der Waals surface area contributed by atoms with Gasteiger partial charge in [0, 0.05) is 17.6 Å². The van der Waals surface area contributed by atoms with Gasteiger partial charge in [-0.15, -0.1) is 13.2 Å². The molecule has 7 heteroatoms. The lowest BCUT2D eigenvalue weighted by molar-refractivity contribution is -0.274. The van der Waals surface area contributed by atoms with E-state index < -0.39 is 6.36 Å². The number of rotatable bonds is 1. The minimum atomic E-state index is -4.73. The first-order valence-electron chi connectivity index (χ1n) is 4.46. The summed E-state index contributed by atoms with van der Waals surface area (Å²) in [6.07, 6.45) is -3.46. The highest BCUT2D eigenvalue weighted by atomic mass is 35.5. The van der Waals surface area contributed by atoms with Crippen LogP contribution in [0.5, 0.6) is 5.75 Å². The second-order valence-corrected chi connectivity index (χ2v) is 3.65. The first kappa shape index (κ1) is 11.8. The second-order valence-electron chi connectivity index (χ2n) is 3.25. The maximum atomic E-state index is 12.0. The SMILES string of the molecule is Nc1c(Cl)cnc2cc(OC(F)(F)F)ccc12. The molecule has 0 saturated carbocycles. The van der Waals surface area contributed by atoms with Crippen LogP contribution < -0.4 is 10.5 Å². The maximum Gasteiger partial charge on any atom is 0.573 e. The molecule has 0 spiro atoms. The summed E-state index contributed by atoms with van der Waals surface area (Å²) in [5.41, 5.74) is 6.22. The number of ether oxygens (including phenoxy) is 1. The number of nitrogens with two attached hydrogens (primary N) is 1. The second kappa shape index (κ2) is 3.96. The number of fused-ring (bicyclic) bond motifs is 1. The fourth-order valence-corrected chi connectivity index (χ4v) is 1.52. The Bertz CT molecular complexity index is 571. The summed E-state index contributed by atoms with van der Waals surface area (Å²) in [7, 11) is 0. The van der Waals surface area contributed by atoms with E-state index in [4.69, 9.17) is 17.3 Å². The Balaban J connectivity index is 2.49. The van der Waals surface area contributed by atoms with Gasteiger partial charge in [-0.25, -0.2) is 0 Å². The Morgan fingerprint density at radius 1 is 1.29 bits per heavy atom. The number of hydrogen-bond acceptors (Lipinski definition) is 3. The van der Waals surface area contributed by atoms with Gasteiger partial charge in [-0.1, -0.05) is 11.6 Å². The smallest absolute Gasteiger partial charge is 0.406 e. The minimum Gasteiger partial charge on any atom is -0.406 e. The monoisotopic (exact) mass is 262 g/mol. The summed E-state index contributed by atoms with van der Waals surface area (Å²) in [6.45, 7) is 0. The van der Waals surface area contributed by atoms with Crippen molar-refractivity contribution in [1.82, 2.24) is 4.98 Å². The van der Waals surface area contributed by atoms with Gasteiger partial charge in [0.2, 0.25) is 0 Å². The molecule has 2 rings (SSSR count). The zero-order valence-electron chi connectivity index (χ0n) is 8.25. The van der Waals surface area contributed by atoms with Crippen LogP contribution in [0.4, 0.5) is 18.9 Å². The molecule has 0 aliphatic rings. The summed E-state index contributed by atoms with van der Waals surface area (Å²) >= 11 is 5.74. The van der Waals surface area contributed by atoms with Crippen molar-refractivity contribution in [3.05, 3.63) is 29.4 Å². The number of hydrogen-bond donors (Lipinski definition) is 1. The highest BCUT2D eigenvalue weighted by Crippen LogP contribution is 2.30. The van der Waals surface area contributed by atoms with Crippen LogP contribution in [0.25, 0.3) is 10.9 Å². The van der Waals surface area contributed by atoms with Crippen LogP contribution in [0.15, 0.2) is 24.4 Å². The van der Waals surface area contributed by atoms with Gasteiger partial charge in [0.25, 0.3) is 0 Å². The fourth-order valence-electron chi connectivity index (χ4n) is 1.37. The van der Waals surface area contributed by atoms with Crippen LogP contribution in [0.2, 0.25) is 5.02 Å². The van der Waals surface area contributed by atoms with Crippen molar-refractivity contribution in [1.29, 1.82) is 0 Å². The molecule has 0 saturated heterocycles. The van der Waals surface area contributed by atoms with Crippen LogP contribution in [0.3, 0.4) is 0 Å². The standard InChI is InChI=1S/C10H6ClF3N2O/c11-7-4-16-8-3-5(17-10(12,13)14)1-2-6(8)9(7)15/h1-4H,(H2,15,16). The zero-order chi connectivity index (χ0) is 12.6. The van der Waals surface area contributed by atoms with Crippen LogP contribution in [-0.2, 0) is 0 Å². The van der Waals surface area contributed by atoms with Crippen molar-refractivity contribution in [2.75, 3.05) is 5.73 Å². The Morgan fingerprint density at radius 2 is 2.00 bits per heavy atom. The number of alkyl halides is 3. The van der Waals surface area contributed by atoms with Gasteiger partial charge in [0.05, 0.1) is 16.2 Å². The summed E-state index contributed by atoms with van der Waals surface area (Å²) < 4.78 is 39.8. The van der Waals surface area contributed by atoms with Gasteiger partial charge in [0.15, 0.2) is 0 Å². The molecule has 0 amide bonds. The molecule has 2 aromatic rings. The lowest BCUT2D eigenvalue weighted by atomic mass is 10.2. The average Bonchev–Trinajstić information content (AvgIpc) is 2.21.